The van der Waals surface area contributed by atoms with E-state index in [1.54, 1.807) is 22.4 Å². The molecule has 7 rings (SSSR count). The van der Waals surface area contributed by atoms with Crippen LogP contribution < -0.4 is 16.1 Å². The van der Waals surface area contributed by atoms with E-state index in [1.807, 2.05) is 49.9 Å². The van der Waals surface area contributed by atoms with E-state index in [4.69, 9.17) is 21.6 Å². The van der Waals surface area contributed by atoms with Crippen molar-refractivity contribution < 1.29 is 4.79 Å². The van der Waals surface area contributed by atoms with Crippen LogP contribution in [0.1, 0.15) is 55.5 Å². The van der Waals surface area contributed by atoms with Gasteiger partial charge in [-0.1, -0.05) is 38.1 Å². The number of fused-ring (bicyclic) bond motifs is 6. The van der Waals surface area contributed by atoms with Crippen molar-refractivity contribution >= 4 is 45.3 Å². The van der Waals surface area contributed by atoms with E-state index in [0.717, 1.165) is 45.6 Å². The predicted octanol–water partition coefficient (Wildman–Crippen LogP) is 5.56. The number of halogens is 1. The van der Waals surface area contributed by atoms with Gasteiger partial charge in [0, 0.05) is 54.9 Å². The molecule has 2 atom stereocenters. The maximum atomic E-state index is 14.9. The minimum atomic E-state index is -0.239. The zero-order valence-electron chi connectivity index (χ0n) is 27.5. The van der Waals surface area contributed by atoms with Gasteiger partial charge >= 0.3 is 5.69 Å². The van der Waals surface area contributed by atoms with Crippen LogP contribution in [0.25, 0.3) is 39.0 Å². The molecule has 1 fully saturated rings. The summed E-state index contributed by atoms with van der Waals surface area (Å²) >= 11 is 7.21. The standard InChI is InChI=1S/C36H38ClN7O3/c1-8-27(45)42-17-22-10-11-23-32(43(22)16-21(42)6)24-15-25(37)30(28-19(4)9-12-26-33(28)41(7)36(47)39-26)40-34(24)44(35(23)46)31-20(5)13-14-38-29(31)18(2)3/h8-9,12-15,18,21-22H,1,10-11,16-17H2,2-7H3,(H,39,47). The molecule has 2 unspecified atom stereocenters. The summed E-state index contributed by atoms with van der Waals surface area (Å²) in [5.41, 5.74) is 7.54. The summed E-state index contributed by atoms with van der Waals surface area (Å²) in [4.78, 5) is 57.4. The molecular formula is C36H38ClN7O3. The van der Waals surface area contributed by atoms with Crippen LogP contribution in [0, 0.1) is 13.8 Å². The van der Waals surface area contributed by atoms with Gasteiger partial charge in [-0.2, -0.15) is 0 Å². The summed E-state index contributed by atoms with van der Waals surface area (Å²) in [6, 6.07) is 7.59. The molecule has 1 aromatic carbocycles. The number of anilines is 1. The van der Waals surface area contributed by atoms with Crippen LogP contribution >= 0.6 is 11.6 Å². The molecule has 10 nitrogen and oxygen atoms in total. The molecule has 1 N–H and O–H groups in total. The highest BCUT2D eigenvalue weighted by atomic mass is 35.5. The van der Waals surface area contributed by atoms with Crippen LogP contribution in [0.15, 0.2) is 52.7 Å². The smallest absolute Gasteiger partial charge is 0.326 e. The van der Waals surface area contributed by atoms with E-state index in [9.17, 15) is 14.4 Å². The molecule has 6 heterocycles. The van der Waals surface area contributed by atoms with E-state index in [1.165, 1.54) is 6.08 Å². The lowest BCUT2D eigenvalue weighted by molar-refractivity contribution is -0.129. The molecule has 11 heteroatoms. The molecule has 0 saturated carbocycles. The Morgan fingerprint density at radius 1 is 1.13 bits per heavy atom. The second-order valence-electron chi connectivity index (χ2n) is 13.2. The minimum Gasteiger partial charge on any atom is -0.364 e. The van der Waals surface area contributed by atoms with E-state index >= 15 is 0 Å². The Hall–Kier alpha value is -4.70. The Labute approximate surface area is 277 Å². The van der Waals surface area contributed by atoms with E-state index < -0.39 is 0 Å². The zero-order chi connectivity index (χ0) is 33.5. The third kappa shape index (κ3) is 4.64. The monoisotopic (exact) mass is 651 g/mol. The number of H-pyrrole nitrogens is 1. The van der Waals surface area contributed by atoms with Gasteiger partial charge in [-0.3, -0.25) is 23.7 Å². The highest BCUT2D eigenvalue weighted by molar-refractivity contribution is 6.34. The van der Waals surface area contributed by atoms with Gasteiger partial charge in [-0.05, 0) is 74.9 Å². The number of carbonyl (C=O) groups excluding carboxylic acids is 1. The van der Waals surface area contributed by atoms with Gasteiger partial charge < -0.3 is 14.8 Å². The molecule has 0 bridgehead atoms. The van der Waals surface area contributed by atoms with Crippen molar-refractivity contribution in [3.63, 3.8) is 0 Å². The Balaban J connectivity index is 1.59. The molecular weight excluding hydrogens is 614 g/mol. The Morgan fingerprint density at radius 2 is 1.89 bits per heavy atom. The number of aromatic amines is 1. The van der Waals surface area contributed by atoms with Gasteiger partial charge in [-0.15, -0.1) is 0 Å². The lowest BCUT2D eigenvalue weighted by atomic mass is 9.91. The zero-order valence-corrected chi connectivity index (χ0v) is 28.3. The van der Waals surface area contributed by atoms with Crippen LogP contribution in [-0.2, 0) is 18.3 Å². The largest absolute Gasteiger partial charge is 0.364 e. The highest BCUT2D eigenvalue weighted by Gasteiger charge is 2.39. The molecule has 4 aromatic heterocycles. The summed E-state index contributed by atoms with van der Waals surface area (Å²) < 4.78 is 3.30. The second kappa shape index (κ2) is 11.2. The van der Waals surface area contributed by atoms with Gasteiger partial charge in [-0.25, -0.2) is 9.78 Å². The van der Waals surface area contributed by atoms with Crippen LogP contribution in [0.4, 0.5) is 5.69 Å². The number of nitrogens with one attached hydrogen (secondary N) is 1. The minimum absolute atomic E-state index is 0.0243. The number of benzene rings is 1. The normalized spacial score (nSPS) is 17.8. The molecule has 242 valence electrons. The molecule has 1 saturated heterocycles. The maximum Gasteiger partial charge on any atom is 0.326 e. The number of imidazole rings is 1. The summed E-state index contributed by atoms with van der Waals surface area (Å²) in [7, 11) is 1.72. The maximum absolute atomic E-state index is 14.9. The topological polar surface area (TPSA) is 109 Å². The molecule has 1 amide bonds. The van der Waals surface area contributed by atoms with Gasteiger partial charge in [0.1, 0.15) is 5.65 Å². The Bertz CT molecular complexity index is 2260. The average Bonchev–Trinajstić information content (AvgIpc) is 3.33. The van der Waals surface area contributed by atoms with Crippen molar-refractivity contribution in [2.45, 2.75) is 65.5 Å². The molecule has 2 aliphatic heterocycles. The molecule has 5 aromatic rings. The molecule has 0 aliphatic carbocycles. The van der Waals surface area contributed by atoms with Crippen molar-refractivity contribution in [2.75, 3.05) is 18.0 Å². The van der Waals surface area contributed by atoms with Gasteiger partial charge in [0.25, 0.3) is 5.56 Å². The first-order chi connectivity index (χ1) is 22.4. The van der Waals surface area contributed by atoms with Crippen LogP contribution in [0.2, 0.25) is 5.02 Å². The lowest BCUT2D eigenvalue weighted by Gasteiger charge is -2.49. The quantitative estimate of drug-likeness (QED) is 0.255. The summed E-state index contributed by atoms with van der Waals surface area (Å²) in [6.45, 7) is 14.9. The first kappa shape index (κ1) is 30.9. The SMILES string of the molecule is C=CC(=O)N1CC2CCc3c(c4cc(Cl)c(-c5c(C)ccc6[nH]c(=O)n(C)c56)nc4n(-c4c(C)ccnc4C(C)C)c3=O)N2CC1C. The van der Waals surface area contributed by atoms with Crippen LogP contribution in [0.3, 0.4) is 0 Å². The Kier molecular flexibility index (Phi) is 7.39. The van der Waals surface area contributed by atoms with Crippen molar-refractivity contribution in [1.29, 1.82) is 0 Å². The van der Waals surface area contributed by atoms with Crippen LogP contribution in [-0.4, -0.2) is 60.1 Å². The lowest BCUT2D eigenvalue weighted by Crippen LogP contribution is -2.60. The van der Waals surface area contributed by atoms with E-state index in [-0.39, 0.29) is 35.2 Å². The van der Waals surface area contributed by atoms with Crippen molar-refractivity contribution in [3.05, 3.63) is 91.4 Å². The number of amides is 1. The number of pyridine rings is 3. The predicted molar refractivity (Wildman–Crippen MR) is 187 cm³/mol. The molecule has 2 aliphatic rings. The number of piperazine rings is 1. The fourth-order valence-electron chi connectivity index (χ4n) is 7.57. The molecule has 47 heavy (non-hydrogen) atoms. The van der Waals surface area contributed by atoms with Gasteiger partial charge in [0.2, 0.25) is 5.91 Å². The van der Waals surface area contributed by atoms with E-state index in [0.29, 0.717) is 52.5 Å². The Morgan fingerprint density at radius 3 is 2.62 bits per heavy atom. The number of aromatic nitrogens is 5. The van der Waals surface area contributed by atoms with Crippen molar-refractivity contribution in [3.8, 4) is 16.9 Å². The number of rotatable bonds is 4. The van der Waals surface area contributed by atoms with Gasteiger partial charge in [0.15, 0.2) is 0 Å². The van der Waals surface area contributed by atoms with E-state index in [2.05, 4.69) is 30.3 Å². The number of hydrogen-bond donors (Lipinski definition) is 1. The average molecular weight is 652 g/mol. The van der Waals surface area contributed by atoms with Gasteiger partial charge in [0.05, 0.1) is 38.8 Å². The summed E-state index contributed by atoms with van der Waals surface area (Å²) in [5, 5.41) is 1.18. The van der Waals surface area contributed by atoms with Crippen LogP contribution in [0.5, 0.6) is 0 Å². The third-order valence-electron chi connectivity index (χ3n) is 9.91. The summed E-state index contributed by atoms with van der Waals surface area (Å²) in [6.07, 6.45) is 4.43. The molecule has 0 radical (unpaired) electrons. The van der Waals surface area contributed by atoms with Crippen molar-refractivity contribution in [2.24, 2.45) is 7.05 Å². The van der Waals surface area contributed by atoms with Crippen molar-refractivity contribution in [1.82, 2.24) is 29.0 Å². The third-order valence-corrected chi connectivity index (χ3v) is 10.2. The highest BCUT2D eigenvalue weighted by Crippen LogP contribution is 2.43. The summed E-state index contributed by atoms with van der Waals surface area (Å²) in [5.74, 6) is -0.0460. The fraction of sp³-hybridized carbons (Fsp3) is 0.361. The number of nitrogens with zero attached hydrogens (tertiary/aromatic N) is 6. The fourth-order valence-corrected chi connectivity index (χ4v) is 7.82. The first-order valence-corrected chi connectivity index (χ1v) is 16.4. The number of hydrogen-bond acceptors (Lipinski definition) is 6. The number of aryl methyl sites for hydroxylation is 3. The molecule has 0 spiro atoms. The first-order valence-electron chi connectivity index (χ1n) is 16.0. The number of carbonyl (C=O) groups is 1. The second-order valence-corrected chi connectivity index (χ2v) is 13.6.